The molecule has 1 aromatic rings. The second-order valence-corrected chi connectivity index (χ2v) is 5.83. The molecule has 1 aliphatic rings. The minimum atomic E-state index is -0.373. The number of benzene rings is 1. The molecule has 0 spiro atoms. The number of likely N-dealkylation sites (tertiary alicyclic amines) is 1. The summed E-state index contributed by atoms with van der Waals surface area (Å²) >= 11 is 0. The Morgan fingerprint density at radius 2 is 2.09 bits per heavy atom. The van der Waals surface area contributed by atoms with E-state index in [1.54, 1.807) is 0 Å². The molecule has 6 heteroatoms. The van der Waals surface area contributed by atoms with Gasteiger partial charge in [0.15, 0.2) is 0 Å². The third kappa shape index (κ3) is 6.69. The van der Waals surface area contributed by atoms with Crippen molar-refractivity contribution in [3.8, 4) is 0 Å². The third-order valence-corrected chi connectivity index (χ3v) is 3.84. The molecular formula is C17H25N3O3. The highest BCUT2D eigenvalue weighted by molar-refractivity contribution is 5.72. The number of ether oxygens (including phenoxy) is 1. The molecule has 1 heterocycles. The average molecular weight is 319 g/mol. The minimum absolute atomic E-state index is 0.0128. The number of carbonyl (C=O) groups excluding carboxylic acids is 2. The van der Waals surface area contributed by atoms with Crippen LogP contribution in [0.1, 0.15) is 25.3 Å². The first-order valence-electron chi connectivity index (χ1n) is 8.07. The molecule has 2 amide bonds. The number of nitrogens with zero attached hydrogens (tertiary/aromatic N) is 1. The van der Waals surface area contributed by atoms with E-state index in [9.17, 15) is 9.59 Å². The van der Waals surface area contributed by atoms with E-state index >= 15 is 0 Å². The molecule has 1 aromatic carbocycles. The molecule has 1 atom stereocenters. The lowest BCUT2D eigenvalue weighted by molar-refractivity contribution is -0.119. The van der Waals surface area contributed by atoms with Crippen molar-refractivity contribution in [1.29, 1.82) is 0 Å². The maximum absolute atomic E-state index is 11.9. The summed E-state index contributed by atoms with van der Waals surface area (Å²) < 4.78 is 5.25. The van der Waals surface area contributed by atoms with Gasteiger partial charge in [-0.3, -0.25) is 9.69 Å². The number of amides is 2. The van der Waals surface area contributed by atoms with Crippen LogP contribution in [-0.2, 0) is 16.1 Å². The highest BCUT2D eigenvalue weighted by Gasteiger charge is 2.21. The van der Waals surface area contributed by atoms with Gasteiger partial charge in [-0.2, -0.15) is 0 Å². The van der Waals surface area contributed by atoms with Crippen molar-refractivity contribution in [3.63, 3.8) is 0 Å². The van der Waals surface area contributed by atoms with Crippen LogP contribution in [0.3, 0.4) is 0 Å². The second-order valence-electron chi connectivity index (χ2n) is 5.83. The van der Waals surface area contributed by atoms with Gasteiger partial charge in [-0.05, 0) is 24.9 Å². The van der Waals surface area contributed by atoms with Crippen molar-refractivity contribution in [2.24, 2.45) is 0 Å². The lowest BCUT2D eigenvalue weighted by Crippen LogP contribution is -2.49. The lowest BCUT2D eigenvalue weighted by atomic mass is 10.1. The highest BCUT2D eigenvalue weighted by atomic mass is 16.5. The summed E-state index contributed by atoms with van der Waals surface area (Å²) in [6.45, 7) is 5.03. The standard InChI is InChI=1S/C17H25N3O3/c1-14(21)18-9-11-20-10-5-8-16(12-20)19-17(22)23-13-15-6-3-2-4-7-15/h2-4,6-7,16H,5,8-13H2,1H3,(H,18,21)(H,19,22). The summed E-state index contributed by atoms with van der Waals surface area (Å²) in [4.78, 5) is 25.0. The quantitative estimate of drug-likeness (QED) is 0.834. The summed E-state index contributed by atoms with van der Waals surface area (Å²) in [6, 6.07) is 9.73. The molecule has 0 radical (unpaired) electrons. The van der Waals surface area contributed by atoms with E-state index in [-0.39, 0.29) is 24.6 Å². The maximum Gasteiger partial charge on any atom is 0.407 e. The Balaban J connectivity index is 1.67. The number of rotatable bonds is 6. The minimum Gasteiger partial charge on any atom is -0.445 e. The van der Waals surface area contributed by atoms with Gasteiger partial charge in [0.05, 0.1) is 0 Å². The van der Waals surface area contributed by atoms with Crippen molar-refractivity contribution in [2.75, 3.05) is 26.2 Å². The molecule has 126 valence electrons. The SMILES string of the molecule is CC(=O)NCCN1CCCC(NC(=O)OCc2ccccc2)C1. The van der Waals surface area contributed by atoms with Crippen molar-refractivity contribution >= 4 is 12.0 Å². The fourth-order valence-electron chi connectivity index (χ4n) is 2.70. The fraction of sp³-hybridized carbons (Fsp3) is 0.529. The summed E-state index contributed by atoms with van der Waals surface area (Å²) in [5.74, 6) is -0.0128. The van der Waals surface area contributed by atoms with Crippen LogP contribution in [0.25, 0.3) is 0 Å². The van der Waals surface area contributed by atoms with Crippen LogP contribution in [0, 0.1) is 0 Å². The Morgan fingerprint density at radius 3 is 2.83 bits per heavy atom. The number of alkyl carbamates (subject to hydrolysis) is 1. The highest BCUT2D eigenvalue weighted by Crippen LogP contribution is 2.10. The van der Waals surface area contributed by atoms with Gasteiger partial charge in [0.2, 0.25) is 5.91 Å². The summed E-state index contributed by atoms with van der Waals surface area (Å²) in [5, 5.41) is 5.72. The predicted molar refractivity (Wildman–Crippen MR) is 87.9 cm³/mol. The maximum atomic E-state index is 11.9. The fourth-order valence-corrected chi connectivity index (χ4v) is 2.70. The Morgan fingerprint density at radius 1 is 1.30 bits per heavy atom. The second kappa shape index (κ2) is 9.15. The van der Waals surface area contributed by atoms with Gasteiger partial charge in [-0.25, -0.2) is 4.79 Å². The van der Waals surface area contributed by atoms with E-state index in [0.29, 0.717) is 6.54 Å². The third-order valence-electron chi connectivity index (χ3n) is 3.84. The molecule has 23 heavy (non-hydrogen) atoms. The van der Waals surface area contributed by atoms with Gasteiger partial charge in [-0.15, -0.1) is 0 Å². The molecule has 1 saturated heterocycles. The molecular weight excluding hydrogens is 294 g/mol. The first-order valence-corrected chi connectivity index (χ1v) is 8.07. The molecule has 6 nitrogen and oxygen atoms in total. The zero-order chi connectivity index (χ0) is 16.5. The van der Waals surface area contributed by atoms with E-state index in [4.69, 9.17) is 4.74 Å². The van der Waals surface area contributed by atoms with Crippen LogP contribution in [0.2, 0.25) is 0 Å². The van der Waals surface area contributed by atoms with Crippen LogP contribution in [-0.4, -0.2) is 49.1 Å². The first-order chi connectivity index (χ1) is 11.1. The molecule has 2 N–H and O–H groups in total. The summed E-state index contributed by atoms with van der Waals surface area (Å²) in [7, 11) is 0. The van der Waals surface area contributed by atoms with Gasteiger partial charge in [-0.1, -0.05) is 30.3 Å². The molecule has 1 fully saturated rings. The molecule has 0 aliphatic carbocycles. The Kier molecular flexibility index (Phi) is 6.87. The molecule has 1 aliphatic heterocycles. The van der Waals surface area contributed by atoms with Gasteiger partial charge in [0.25, 0.3) is 0 Å². The van der Waals surface area contributed by atoms with Gasteiger partial charge in [0, 0.05) is 32.6 Å². The van der Waals surface area contributed by atoms with E-state index in [1.165, 1.54) is 6.92 Å². The Bertz CT molecular complexity index is 507. The number of carbonyl (C=O) groups is 2. The number of piperidine rings is 1. The summed E-state index contributed by atoms with van der Waals surface area (Å²) in [6.07, 6.45) is 1.61. The van der Waals surface area contributed by atoms with Crippen LogP contribution in [0.15, 0.2) is 30.3 Å². The molecule has 0 bridgehead atoms. The molecule has 0 aromatic heterocycles. The zero-order valence-electron chi connectivity index (χ0n) is 13.6. The van der Waals surface area contributed by atoms with Gasteiger partial charge < -0.3 is 15.4 Å². The summed E-state index contributed by atoms with van der Waals surface area (Å²) in [5.41, 5.74) is 0.975. The smallest absolute Gasteiger partial charge is 0.407 e. The predicted octanol–water partition coefficient (Wildman–Crippen LogP) is 1.51. The van der Waals surface area contributed by atoms with Gasteiger partial charge in [0.1, 0.15) is 6.61 Å². The van der Waals surface area contributed by atoms with Crippen molar-refractivity contribution in [2.45, 2.75) is 32.4 Å². The van der Waals surface area contributed by atoms with Crippen LogP contribution in [0.5, 0.6) is 0 Å². The topological polar surface area (TPSA) is 70.7 Å². The van der Waals surface area contributed by atoms with E-state index in [2.05, 4.69) is 15.5 Å². The van der Waals surface area contributed by atoms with E-state index < -0.39 is 0 Å². The van der Waals surface area contributed by atoms with Gasteiger partial charge >= 0.3 is 6.09 Å². The Labute approximate surface area is 137 Å². The normalized spacial score (nSPS) is 18.2. The largest absolute Gasteiger partial charge is 0.445 e. The van der Waals surface area contributed by atoms with Crippen molar-refractivity contribution < 1.29 is 14.3 Å². The van der Waals surface area contributed by atoms with Crippen LogP contribution < -0.4 is 10.6 Å². The number of hydrogen-bond donors (Lipinski definition) is 2. The van der Waals surface area contributed by atoms with Crippen molar-refractivity contribution in [1.82, 2.24) is 15.5 Å². The van der Waals surface area contributed by atoms with E-state index in [0.717, 1.165) is 38.0 Å². The van der Waals surface area contributed by atoms with Crippen LogP contribution >= 0.6 is 0 Å². The number of hydrogen-bond acceptors (Lipinski definition) is 4. The molecule has 0 saturated carbocycles. The first kappa shape index (κ1) is 17.3. The number of nitrogens with one attached hydrogen (secondary N) is 2. The zero-order valence-corrected chi connectivity index (χ0v) is 13.6. The lowest BCUT2D eigenvalue weighted by Gasteiger charge is -2.32. The van der Waals surface area contributed by atoms with Crippen molar-refractivity contribution in [3.05, 3.63) is 35.9 Å². The average Bonchev–Trinajstić information content (AvgIpc) is 2.54. The molecule has 2 rings (SSSR count). The molecule has 1 unspecified atom stereocenters. The van der Waals surface area contributed by atoms with Crippen LogP contribution in [0.4, 0.5) is 4.79 Å². The Hall–Kier alpha value is -2.08. The monoisotopic (exact) mass is 319 g/mol. The van der Waals surface area contributed by atoms with E-state index in [1.807, 2.05) is 30.3 Å².